The summed E-state index contributed by atoms with van der Waals surface area (Å²) in [6.45, 7) is 3.92. The molecular weight excluding hydrogens is 480 g/mol. The average molecular weight is 503 g/mol. The molecule has 0 radical (unpaired) electrons. The molecule has 0 aliphatic rings. The summed E-state index contributed by atoms with van der Waals surface area (Å²) in [6, 6.07) is 15.1. The number of anilines is 1. The minimum atomic E-state index is -4.07. The summed E-state index contributed by atoms with van der Waals surface area (Å²) in [6.07, 6.45) is -0.193. The van der Waals surface area contributed by atoms with E-state index in [9.17, 15) is 18.0 Å². The molecule has 0 spiro atoms. The molecule has 0 aliphatic heterocycles. The van der Waals surface area contributed by atoms with Crippen LogP contribution in [0.15, 0.2) is 65.6 Å². The molecule has 34 heavy (non-hydrogen) atoms. The zero-order valence-corrected chi connectivity index (χ0v) is 20.0. The van der Waals surface area contributed by atoms with Gasteiger partial charge in [0.15, 0.2) is 5.75 Å². The predicted octanol–water partition coefficient (Wildman–Crippen LogP) is 4.62. The number of benzene rings is 3. The number of hydrogen-bond acceptors (Lipinski definition) is 5. The molecule has 0 atom stereocenters. The highest BCUT2D eigenvalue weighted by molar-refractivity contribution is 7.92. The number of aliphatic carboxylic acids is 1. The molecule has 0 aromatic heterocycles. The van der Waals surface area contributed by atoms with E-state index in [2.05, 4.69) is 10.0 Å². The van der Waals surface area contributed by atoms with Crippen molar-refractivity contribution in [2.75, 3.05) is 11.3 Å². The van der Waals surface area contributed by atoms with Crippen LogP contribution < -0.4 is 14.8 Å². The molecule has 3 rings (SSSR count). The molecule has 178 valence electrons. The molecule has 3 aromatic rings. The van der Waals surface area contributed by atoms with Crippen molar-refractivity contribution in [1.82, 2.24) is 5.32 Å². The maximum Gasteiger partial charge on any atom is 0.307 e. The van der Waals surface area contributed by atoms with Gasteiger partial charge in [-0.2, -0.15) is 0 Å². The minimum Gasteiger partial charge on any atom is -0.481 e. The molecule has 0 bridgehead atoms. The SMILES string of the molecule is CCNC(=O)c1ccc(Oc2cccc(CC(=O)O)c2)c(NS(=O)(=O)c2ccc(C)c(Cl)c2)c1. The van der Waals surface area contributed by atoms with Crippen molar-refractivity contribution >= 4 is 39.2 Å². The van der Waals surface area contributed by atoms with Gasteiger partial charge in [-0.1, -0.05) is 29.8 Å². The van der Waals surface area contributed by atoms with E-state index in [0.717, 1.165) is 5.56 Å². The van der Waals surface area contributed by atoms with Gasteiger partial charge in [0.1, 0.15) is 5.75 Å². The number of hydrogen-bond donors (Lipinski definition) is 3. The molecule has 0 saturated heterocycles. The summed E-state index contributed by atoms with van der Waals surface area (Å²) in [4.78, 5) is 23.3. The van der Waals surface area contributed by atoms with Crippen LogP contribution in [0.3, 0.4) is 0 Å². The topological polar surface area (TPSA) is 122 Å². The lowest BCUT2D eigenvalue weighted by molar-refractivity contribution is -0.136. The van der Waals surface area contributed by atoms with Crippen LogP contribution in [0.25, 0.3) is 0 Å². The largest absolute Gasteiger partial charge is 0.481 e. The number of rotatable bonds is 9. The monoisotopic (exact) mass is 502 g/mol. The van der Waals surface area contributed by atoms with Gasteiger partial charge in [-0.25, -0.2) is 8.42 Å². The predicted molar refractivity (Wildman–Crippen MR) is 129 cm³/mol. The molecule has 8 nitrogen and oxygen atoms in total. The van der Waals surface area contributed by atoms with Crippen molar-refractivity contribution < 1.29 is 27.9 Å². The Hall–Kier alpha value is -3.56. The molecule has 0 heterocycles. The Bertz CT molecular complexity index is 1340. The van der Waals surface area contributed by atoms with Crippen molar-refractivity contribution in [3.05, 3.63) is 82.4 Å². The molecular formula is C24H23ClN2O6S. The first-order chi connectivity index (χ1) is 16.1. The fourth-order valence-electron chi connectivity index (χ4n) is 3.07. The lowest BCUT2D eigenvalue weighted by atomic mass is 10.1. The summed E-state index contributed by atoms with van der Waals surface area (Å²) in [5.41, 5.74) is 1.50. The van der Waals surface area contributed by atoms with E-state index >= 15 is 0 Å². The van der Waals surface area contributed by atoms with Gasteiger partial charge in [0, 0.05) is 17.1 Å². The Balaban J connectivity index is 2.00. The summed E-state index contributed by atoms with van der Waals surface area (Å²) >= 11 is 6.10. The lowest BCUT2D eigenvalue weighted by Gasteiger charge is -2.16. The van der Waals surface area contributed by atoms with Crippen molar-refractivity contribution in [1.29, 1.82) is 0 Å². The van der Waals surface area contributed by atoms with E-state index < -0.39 is 16.0 Å². The van der Waals surface area contributed by atoms with Crippen molar-refractivity contribution in [2.45, 2.75) is 25.2 Å². The lowest BCUT2D eigenvalue weighted by Crippen LogP contribution is -2.23. The number of ether oxygens (including phenoxy) is 1. The number of aryl methyl sites for hydroxylation is 1. The highest BCUT2D eigenvalue weighted by atomic mass is 35.5. The highest BCUT2D eigenvalue weighted by Gasteiger charge is 2.20. The minimum absolute atomic E-state index is 0.0316. The van der Waals surface area contributed by atoms with Gasteiger partial charge >= 0.3 is 5.97 Å². The number of carboxylic acid groups (broad SMARTS) is 1. The Morgan fingerprint density at radius 3 is 2.50 bits per heavy atom. The smallest absolute Gasteiger partial charge is 0.307 e. The Morgan fingerprint density at radius 2 is 1.82 bits per heavy atom. The summed E-state index contributed by atoms with van der Waals surface area (Å²) in [5.74, 6) is -0.935. The van der Waals surface area contributed by atoms with Crippen molar-refractivity contribution in [3.8, 4) is 11.5 Å². The third kappa shape index (κ3) is 6.27. The van der Waals surface area contributed by atoms with Gasteiger partial charge in [0.05, 0.1) is 17.0 Å². The van der Waals surface area contributed by atoms with Crippen LogP contribution >= 0.6 is 11.6 Å². The Morgan fingerprint density at radius 1 is 1.06 bits per heavy atom. The highest BCUT2D eigenvalue weighted by Crippen LogP contribution is 2.33. The Kier molecular flexibility index (Phi) is 7.80. The normalized spacial score (nSPS) is 11.0. The molecule has 0 unspecified atom stereocenters. The van der Waals surface area contributed by atoms with Crippen LogP contribution in [0.2, 0.25) is 5.02 Å². The molecule has 0 fully saturated rings. The van der Waals surface area contributed by atoms with Gasteiger partial charge in [-0.05, 0) is 67.4 Å². The zero-order valence-electron chi connectivity index (χ0n) is 18.5. The van der Waals surface area contributed by atoms with E-state index in [1.54, 1.807) is 44.2 Å². The number of carbonyl (C=O) groups is 2. The van der Waals surface area contributed by atoms with Gasteiger partial charge < -0.3 is 15.2 Å². The fourth-order valence-corrected chi connectivity index (χ4v) is 4.40. The standard InChI is InChI=1S/C24H23ClN2O6S/c1-3-26-24(30)17-8-10-22(33-18-6-4-5-16(11-18)12-23(28)29)21(13-17)27-34(31,32)19-9-7-15(2)20(25)14-19/h4-11,13-14,27H,3,12H2,1-2H3,(H,26,30)(H,28,29). The van der Waals surface area contributed by atoms with Gasteiger partial charge in [0.25, 0.3) is 15.9 Å². The van der Waals surface area contributed by atoms with Crippen LogP contribution in [0.1, 0.15) is 28.4 Å². The molecule has 0 aliphatic carbocycles. The van der Waals surface area contributed by atoms with Crippen LogP contribution in [0.4, 0.5) is 5.69 Å². The van der Waals surface area contributed by atoms with E-state index in [4.69, 9.17) is 21.4 Å². The van der Waals surface area contributed by atoms with Gasteiger partial charge in [-0.3, -0.25) is 14.3 Å². The molecule has 3 N–H and O–H groups in total. The van der Waals surface area contributed by atoms with E-state index in [0.29, 0.717) is 22.9 Å². The first-order valence-electron chi connectivity index (χ1n) is 10.3. The Labute approximate surface area is 202 Å². The summed E-state index contributed by atoms with van der Waals surface area (Å²) in [5, 5.41) is 12.0. The maximum atomic E-state index is 13.1. The van der Waals surface area contributed by atoms with Gasteiger partial charge in [-0.15, -0.1) is 0 Å². The number of sulfonamides is 1. The molecule has 3 aromatic carbocycles. The van der Waals surface area contributed by atoms with Gasteiger partial charge in [0.2, 0.25) is 0 Å². The van der Waals surface area contributed by atoms with E-state index in [1.165, 1.54) is 30.3 Å². The second kappa shape index (κ2) is 10.6. The first-order valence-corrected chi connectivity index (χ1v) is 12.1. The first kappa shape index (κ1) is 25.1. The summed E-state index contributed by atoms with van der Waals surface area (Å²) in [7, 11) is -4.07. The number of carbonyl (C=O) groups excluding carboxylic acids is 1. The quantitative estimate of drug-likeness (QED) is 0.392. The van der Waals surface area contributed by atoms with Crippen LogP contribution in [0.5, 0.6) is 11.5 Å². The number of carboxylic acids is 1. The molecule has 0 saturated carbocycles. The third-order valence-corrected chi connectivity index (χ3v) is 6.53. The third-order valence-electron chi connectivity index (χ3n) is 4.76. The van der Waals surface area contributed by atoms with Crippen LogP contribution in [-0.2, 0) is 21.2 Å². The fraction of sp³-hybridized carbons (Fsp3) is 0.167. The van der Waals surface area contributed by atoms with Crippen LogP contribution in [-0.4, -0.2) is 31.9 Å². The van der Waals surface area contributed by atoms with E-state index in [1.807, 2.05) is 0 Å². The van der Waals surface area contributed by atoms with E-state index in [-0.39, 0.29) is 34.2 Å². The average Bonchev–Trinajstić information content (AvgIpc) is 2.76. The number of halogens is 1. The molecule has 10 heteroatoms. The number of amides is 1. The maximum absolute atomic E-state index is 13.1. The second-order valence-electron chi connectivity index (χ2n) is 7.41. The molecule has 1 amide bonds. The van der Waals surface area contributed by atoms with Crippen molar-refractivity contribution in [2.24, 2.45) is 0 Å². The van der Waals surface area contributed by atoms with Crippen molar-refractivity contribution in [3.63, 3.8) is 0 Å². The van der Waals surface area contributed by atoms with Crippen LogP contribution in [0, 0.1) is 6.92 Å². The summed E-state index contributed by atoms with van der Waals surface area (Å²) < 4.78 is 34.5. The second-order valence-corrected chi connectivity index (χ2v) is 9.50. The number of nitrogens with one attached hydrogen (secondary N) is 2. The zero-order chi connectivity index (χ0) is 24.9.